The lowest BCUT2D eigenvalue weighted by molar-refractivity contribution is 0.613. The molecule has 1 heteroatoms. The fourth-order valence-electron chi connectivity index (χ4n) is 1.22. The first-order valence-corrected chi connectivity index (χ1v) is 3.67. The SMILES string of the molecule is C[CH]c1coc2ccccc12. The molecule has 0 atom stereocenters. The van der Waals surface area contributed by atoms with E-state index >= 15 is 0 Å². The van der Waals surface area contributed by atoms with E-state index in [0.717, 1.165) is 5.58 Å². The lowest BCUT2D eigenvalue weighted by Gasteiger charge is -1.88. The van der Waals surface area contributed by atoms with Gasteiger partial charge in [-0.25, -0.2) is 0 Å². The van der Waals surface area contributed by atoms with Crippen LogP contribution >= 0.6 is 0 Å². The number of hydrogen-bond acceptors (Lipinski definition) is 1. The third-order valence-corrected chi connectivity index (χ3v) is 1.82. The summed E-state index contributed by atoms with van der Waals surface area (Å²) in [5.74, 6) is 0. The van der Waals surface area contributed by atoms with Crippen molar-refractivity contribution in [2.45, 2.75) is 6.92 Å². The second kappa shape index (κ2) is 2.42. The molecule has 0 spiro atoms. The molecule has 11 heavy (non-hydrogen) atoms. The summed E-state index contributed by atoms with van der Waals surface area (Å²) < 4.78 is 5.31. The number of para-hydroxylation sites is 1. The molecule has 0 unspecified atom stereocenters. The average molecular weight is 145 g/mol. The predicted molar refractivity (Wildman–Crippen MR) is 45.3 cm³/mol. The Balaban J connectivity index is 2.76. The van der Waals surface area contributed by atoms with Gasteiger partial charge in [-0.3, -0.25) is 0 Å². The zero-order valence-electron chi connectivity index (χ0n) is 6.37. The van der Waals surface area contributed by atoms with E-state index in [1.807, 2.05) is 31.5 Å². The Bertz CT molecular complexity index is 360. The van der Waals surface area contributed by atoms with Gasteiger partial charge in [0.1, 0.15) is 5.58 Å². The summed E-state index contributed by atoms with van der Waals surface area (Å²) in [5.41, 5.74) is 2.13. The van der Waals surface area contributed by atoms with Gasteiger partial charge in [0.2, 0.25) is 0 Å². The maximum Gasteiger partial charge on any atom is 0.134 e. The molecule has 0 saturated heterocycles. The summed E-state index contributed by atoms with van der Waals surface area (Å²) in [4.78, 5) is 0. The molecular formula is C10H9O. The molecule has 0 bridgehead atoms. The molecule has 0 saturated carbocycles. The van der Waals surface area contributed by atoms with E-state index in [4.69, 9.17) is 4.42 Å². The van der Waals surface area contributed by atoms with Crippen molar-refractivity contribution >= 4 is 11.0 Å². The molecular weight excluding hydrogens is 136 g/mol. The van der Waals surface area contributed by atoms with Crippen LogP contribution in [0, 0.1) is 6.42 Å². The van der Waals surface area contributed by atoms with Crippen LogP contribution in [0.3, 0.4) is 0 Å². The highest BCUT2D eigenvalue weighted by Gasteiger charge is 2.00. The van der Waals surface area contributed by atoms with E-state index in [2.05, 4.69) is 6.07 Å². The van der Waals surface area contributed by atoms with Gasteiger partial charge in [0, 0.05) is 10.9 Å². The van der Waals surface area contributed by atoms with Gasteiger partial charge in [-0.1, -0.05) is 25.1 Å². The number of benzene rings is 1. The molecule has 2 rings (SSSR count). The number of furan rings is 1. The van der Waals surface area contributed by atoms with Gasteiger partial charge in [0.05, 0.1) is 6.26 Å². The third kappa shape index (κ3) is 0.929. The normalized spacial score (nSPS) is 10.6. The second-order valence-corrected chi connectivity index (χ2v) is 2.48. The molecule has 1 heterocycles. The predicted octanol–water partition coefficient (Wildman–Crippen LogP) is 3.01. The van der Waals surface area contributed by atoms with Crippen molar-refractivity contribution in [1.29, 1.82) is 0 Å². The number of hydrogen-bond donors (Lipinski definition) is 0. The quantitative estimate of drug-likeness (QED) is 0.601. The summed E-state index contributed by atoms with van der Waals surface area (Å²) in [5, 5.41) is 1.19. The van der Waals surface area contributed by atoms with Crippen molar-refractivity contribution in [3.05, 3.63) is 42.5 Å². The molecule has 0 aliphatic carbocycles. The first-order chi connectivity index (χ1) is 5.42. The van der Waals surface area contributed by atoms with Crippen molar-refractivity contribution in [3.8, 4) is 0 Å². The summed E-state index contributed by atoms with van der Waals surface area (Å²) in [6, 6.07) is 8.03. The Kier molecular flexibility index (Phi) is 1.42. The molecule has 1 aromatic heterocycles. The largest absolute Gasteiger partial charge is 0.464 e. The molecule has 1 radical (unpaired) electrons. The Morgan fingerprint density at radius 2 is 2.09 bits per heavy atom. The third-order valence-electron chi connectivity index (χ3n) is 1.82. The van der Waals surface area contributed by atoms with Gasteiger partial charge in [-0.2, -0.15) is 0 Å². The molecule has 0 fully saturated rings. The van der Waals surface area contributed by atoms with Crippen molar-refractivity contribution in [3.63, 3.8) is 0 Å². The minimum Gasteiger partial charge on any atom is -0.464 e. The maximum absolute atomic E-state index is 5.31. The van der Waals surface area contributed by atoms with Gasteiger partial charge in [0.15, 0.2) is 0 Å². The fraction of sp³-hybridized carbons (Fsp3) is 0.100. The van der Waals surface area contributed by atoms with Crippen LogP contribution in [0.25, 0.3) is 11.0 Å². The van der Waals surface area contributed by atoms with Gasteiger partial charge in [-0.15, -0.1) is 0 Å². The van der Waals surface area contributed by atoms with Crippen LogP contribution in [-0.2, 0) is 0 Å². The topological polar surface area (TPSA) is 13.1 Å². The number of fused-ring (bicyclic) bond motifs is 1. The smallest absolute Gasteiger partial charge is 0.134 e. The summed E-state index contributed by atoms with van der Waals surface area (Å²) >= 11 is 0. The lowest BCUT2D eigenvalue weighted by Crippen LogP contribution is -1.70. The fourth-order valence-corrected chi connectivity index (χ4v) is 1.22. The molecule has 1 nitrogen and oxygen atoms in total. The minimum atomic E-state index is 0.959. The van der Waals surface area contributed by atoms with Crippen LogP contribution in [-0.4, -0.2) is 0 Å². The summed E-state index contributed by atoms with van der Waals surface area (Å²) in [7, 11) is 0. The molecule has 1 aromatic carbocycles. The standard InChI is InChI=1S/C10H9O/c1-2-8-7-11-10-6-4-3-5-9(8)10/h2-7H,1H3. The molecule has 2 aromatic rings. The highest BCUT2D eigenvalue weighted by atomic mass is 16.3. The average Bonchev–Trinajstić information content (AvgIpc) is 2.47. The van der Waals surface area contributed by atoms with Crippen molar-refractivity contribution in [2.24, 2.45) is 0 Å². The zero-order chi connectivity index (χ0) is 7.68. The number of rotatable bonds is 1. The van der Waals surface area contributed by atoms with E-state index in [0.29, 0.717) is 0 Å². The minimum absolute atomic E-state index is 0.959. The molecule has 0 aliphatic heterocycles. The van der Waals surface area contributed by atoms with Gasteiger partial charge in [0.25, 0.3) is 0 Å². The Hall–Kier alpha value is -1.24. The van der Waals surface area contributed by atoms with Gasteiger partial charge < -0.3 is 4.42 Å². The van der Waals surface area contributed by atoms with Crippen LogP contribution in [0.5, 0.6) is 0 Å². The van der Waals surface area contributed by atoms with Gasteiger partial charge >= 0.3 is 0 Å². The summed E-state index contributed by atoms with van der Waals surface area (Å²) in [6.45, 7) is 2.01. The molecule has 55 valence electrons. The molecule has 0 amide bonds. The Labute approximate surface area is 65.6 Å². The van der Waals surface area contributed by atoms with Crippen LogP contribution in [0.4, 0.5) is 0 Å². The highest BCUT2D eigenvalue weighted by Crippen LogP contribution is 2.21. The van der Waals surface area contributed by atoms with Crippen LogP contribution in [0.15, 0.2) is 34.9 Å². The van der Waals surface area contributed by atoms with Crippen molar-refractivity contribution < 1.29 is 4.42 Å². The van der Waals surface area contributed by atoms with Gasteiger partial charge in [-0.05, 0) is 12.5 Å². The van der Waals surface area contributed by atoms with E-state index in [1.165, 1.54) is 10.9 Å². The maximum atomic E-state index is 5.31. The Morgan fingerprint density at radius 3 is 2.91 bits per heavy atom. The Morgan fingerprint density at radius 1 is 1.27 bits per heavy atom. The second-order valence-electron chi connectivity index (χ2n) is 2.48. The van der Waals surface area contributed by atoms with E-state index in [-0.39, 0.29) is 0 Å². The van der Waals surface area contributed by atoms with Crippen LogP contribution < -0.4 is 0 Å². The van der Waals surface area contributed by atoms with Crippen molar-refractivity contribution in [2.75, 3.05) is 0 Å². The molecule has 0 N–H and O–H groups in total. The first kappa shape index (κ1) is 6.47. The zero-order valence-corrected chi connectivity index (χ0v) is 6.37. The van der Waals surface area contributed by atoms with E-state index in [9.17, 15) is 0 Å². The highest BCUT2D eigenvalue weighted by molar-refractivity contribution is 5.81. The first-order valence-electron chi connectivity index (χ1n) is 3.67. The van der Waals surface area contributed by atoms with Crippen LogP contribution in [0.1, 0.15) is 12.5 Å². The van der Waals surface area contributed by atoms with Crippen LogP contribution in [0.2, 0.25) is 0 Å². The monoisotopic (exact) mass is 145 g/mol. The van der Waals surface area contributed by atoms with E-state index < -0.39 is 0 Å². The lowest BCUT2D eigenvalue weighted by atomic mass is 10.1. The van der Waals surface area contributed by atoms with Crippen molar-refractivity contribution in [1.82, 2.24) is 0 Å². The van der Waals surface area contributed by atoms with E-state index in [1.54, 1.807) is 6.26 Å². The molecule has 0 aliphatic rings. The summed E-state index contributed by atoms with van der Waals surface area (Å²) in [6.07, 6.45) is 3.83.